The minimum absolute atomic E-state index is 1.17. The van der Waals surface area contributed by atoms with E-state index >= 15 is 0 Å². The molecule has 0 atom stereocenters. The molecule has 1 aliphatic rings. The van der Waals surface area contributed by atoms with E-state index in [2.05, 4.69) is 17.1 Å². The Balaban J connectivity index is 0.000000371. The van der Waals surface area contributed by atoms with E-state index in [9.17, 15) is 0 Å². The molecule has 1 heteroatoms. The molecule has 0 bridgehead atoms. The third kappa shape index (κ3) is 3.44. The van der Waals surface area contributed by atoms with E-state index in [1.165, 1.54) is 25.0 Å². The van der Waals surface area contributed by atoms with Crippen molar-refractivity contribution < 1.29 is 0 Å². The zero-order chi connectivity index (χ0) is 7.82. The molecule has 1 nitrogen and oxygen atoms in total. The third-order valence-corrected chi connectivity index (χ3v) is 1.40. The highest BCUT2D eigenvalue weighted by Gasteiger charge is 1.96. The Kier molecular flexibility index (Phi) is 6.14. The summed E-state index contributed by atoms with van der Waals surface area (Å²) < 4.78 is 0. The van der Waals surface area contributed by atoms with Gasteiger partial charge in [-0.1, -0.05) is 19.9 Å². The van der Waals surface area contributed by atoms with Gasteiger partial charge in [-0.25, -0.2) is 0 Å². The Hall–Kier alpha value is -0.590. The first-order valence-electron chi connectivity index (χ1n) is 4.05. The maximum Gasteiger partial charge on any atom is 0.0341 e. The standard InChI is InChI=1S/C7H11N.C2H6/c1-8-7-5-3-2-4-6-7;1-2/h3,5H,2,4,6H2,1H3;1-2H3. The lowest BCUT2D eigenvalue weighted by molar-refractivity contribution is 0.877. The molecule has 1 aliphatic carbocycles. The average Bonchev–Trinajstić information content (AvgIpc) is 2.10. The minimum atomic E-state index is 1.17. The molecule has 0 aliphatic heterocycles. The number of allylic oxidation sites excluding steroid dienone is 2. The molecule has 0 saturated heterocycles. The Bertz CT molecular complexity index is 123. The fraction of sp³-hybridized carbons (Fsp3) is 0.667. The molecule has 58 valence electrons. The summed E-state index contributed by atoms with van der Waals surface area (Å²) in [4.78, 5) is 4.08. The number of hydrogen-bond donors (Lipinski definition) is 0. The summed E-state index contributed by atoms with van der Waals surface area (Å²) in [6.45, 7) is 4.00. The Morgan fingerprint density at radius 2 is 2.10 bits per heavy atom. The molecule has 0 aromatic heterocycles. The lowest BCUT2D eigenvalue weighted by Gasteiger charge is -2.02. The quantitative estimate of drug-likeness (QED) is 0.489. The monoisotopic (exact) mass is 139 g/mol. The van der Waals surface area contributed by atoms with Crippen LogP contribution in [0.2, 0.25) is 0 Å². The molecule has 0 unspecified atom stereocenters. The van der Waals surface area contributed by atoms with Crippen molar-refractivity contribution in [3.63, 3.8) is 0 Å². The van der Waals surface area contributed by atoms with Crippen molar-refractivity contribution in [3.05, 3.63) is 12.2 Å². The van der Waals surface area contributed by atoms with Crippen LogP contribution in [0.5, 0.6) is 0 Å². The summed E-state index contributed by atoms with van der Waals surface area (Å²) in [7, 11) is 1.85. The van der Waals surface area contributed by atoms with Crippen molar-refractivity contribution in [3.8, 4) is 0 Å². The number of nitrogens with zero attached hydrogens (tertiary/aromatic N) is 1. The summed E-state index contributed by atoms with van der Waals surface area (Å²) in [5.74, 6) is 0. The summed E-state index contributed by atoms with van der Waals surface area (Å²) in [6, 6.07) is 0. The molecule has 0 heterocycles. The zero-order valence-corrected chi connectivity index (χ0v) is 7.22. The predicted octanol–water partition coefficient (Wildman–Crippen LogP) is 2.82. The van der Waals surface area contributed by atoms with Gasteiger partial charge >= 0.3 is 0 Å². The number of rotatable bonds is 0. The van der Waals surface area contributed by atoms with Crippen LogP contribution in [0.15, 0.2) is 17.1 Å². The zero-order valence-electron chi connectivity index (χ0n) is 7.22. The van der Waals surface area contributed by atoms with Crippen LogP contribution in [0.4, 0.5) is 0 Å². The maximum absolute atomic E-state index is 4.08. The summed E-state index contributed by atoms with van der Waals surface area (Å²) in [5.41, 5.74) is 1.25. The van der Waals surface area contributed by atoms with Gasteiger partial charge in [0, 0.05) is 12.8 Å². The highest BCUT2D eigenvalue weighted by molar-refractivity contribution is 5.95. The normalized spacial score (nSPS) is 20.1. The summed E-state index contributed by atoms with van der Waals surface area (Å²) in [5, 5.41) is 0. The van der Waals surface area contributed by atoms with E-state index in [0.29, 0.717) is 0 Å². The topological polar surface area (TPSA) is 12.4 Å². The van der Waals surface area contributed by atoms with Gasteiger partial charge in [-0.2, -0.15) is 0 Å². The van der Waals surface area contributed by atoms with E-state index in [1.807, 2.05) is 20.9 Å². The largest absolute Gasteiger partial charge is 0.293 e. The lowest BCUT2D eigenvalue weighted by atomic mass is 10.1. The molecular formula is C9H17N. The first kappa shape index (κ1) is 9.41. The second-order valence-corrected chi connectivity index (χ2v) is 2.01. The predicted molar refractivity (Wildman–Crippen MR) is 47.7 cm³/mol. The summed E-state index contributed by atoms with van der Waals surface area (Å²) >= 11 is 0. The van der Waals surface area contributed by atoms with Crippen molar-refractivity contribution >= 4 is 5.71 Å². The molecule has 0 saturated carbocycles. The van der Waals surface area contributed by atoms with Crippen molar-refractivity contribution in [1.29, 1.82) is 0 Å². The van der Waals surface area contributed by atoms with E-state index in [4.69, 9.17) is 0 Å². The van der Waals surface area contributed by atoms with Gasteiger partial charge in [0.15, 0.2) is 0 Å². The highest BCUT2D eigenvalue weighted by Crippen LogP contribution is 2.06. The van der Waals surface area contributed by atoms with Gasteiger partial charge in [0.1, 0.15) is 0 Å². The highest BCUT2D eigenvalue weighted by atomic mass is 14.7. The van der Waals surface area contributed by atoms with Gasteiger partial charge in [-0.05, 0) is 25.3 Å². The van der Waals surface area contributed by atoms with Crippen LogP contribution in [0.1, 0.15) is 33.1 Å². The molecular weight excluding hydrogens is 122 g/mol. The second kappa shape index (κ2) is 6.53. The van der Waals surface area contributed by atoms with Crippen molar-refractivity contribution in [2.45, 2.75) is 33.1 Å². The van der Waals surface area contributed by atoms with Crippen LogP contribution in [-0.2, 0) is 0 Å². The fourth-order valence-corrected chi connectivity index (χ4v) is 0.890. The Morgan fingerprint density at radius 3 is 2.40 bits per heavy atom. The van der Waals surface area contributed by atoms with E-state index in [-0.39, 0.29) is 0 Å². The molecule has 1 rings (SSSR count). The smallest absolute Gasteiger partial charge is 0.0341 e. The first-order valence-corrected chi connectivity index (χ1v) is 4.05. The second-order valence-electron chi connectivity index (χ2n) is 2.01. The molecule has 0 spiro atoms. The Morgan fingerprint density at radius 1 is 1.40 bits per heavy atom. The molecule has 0 radical (unpaired) electrons. The van der Waals surface area contributed by atoms with Crippen LogP contribution < -0.4 is 0 Å². The van der Waals surface area contributed by atoms with E-state index < -0.39 is 0 Å². The first-order chi connectivity index (χ1) is 4.93. The molecule has 0 N–H and O–H groups in total. The third-order valence-electron chi connectivity index (χ3n) is 1.40. The molecule has 0 aromatic carbocycles. The maximum atomic E-state index is 4.08. The van der Waals surface area contributed by atoms with Crippen molar-refractivity contribution in [1.82, 2.24) is 0 Å². The van der Waals surface area contributed by atoms with Crippen LogP contribution in [0, 0.1) is 0 Å². The fourth-order valence-electron chi connectivity index (χ4n) is 0.890. The van der Waals surface area contributed by atoms with Crippen LogP contribution in [0.25, 0.3) is 0 Å². The SMILES string of the molecule is CC.CN=C1C=CCCC1. The van der Waals surface area contributed by atoms with Crippen molar-refractivity contribution in [2.24, 2.45) is 4.99 Å². The molecule has 10 heavy (non-hydrogen) atoms. The average molecular weight is 139 g/mol. The van der Waals surface area contributed by atoms with Crippen LogP contribution in [-0.4, -0.2) is 12.8 Å². The van der Waals surface area contributed by atoms with Gasteiger partial charge in [-0.3, -0.25) is 4.99 Å². The van der Waals surface area contributed by atoms with E-state index in [0.717, 1.165) is 0 Å². The van der Waals surface area contributed by atoms with Gasteiger partial charge in [-0.15, -0.1) is 0 Å². The van der Waals surface area contributed by atoms with Crippen molar-refractivity contribution in [2.75, 3.05) is 7.05 Å². The summed E-state index contributed by atoms with van der Waals surface area (Å²) in [6.07, 6.45) is 7.99. The molecule has 0 amide bonds. The van der Waals surface area contributed by atoms with Gasteiger partial charge in [0.2, 0.25) is 0 Å². The molecule has 0 fully saturated rings. The molecule has 0 aromatic rings. The number of aliphatic imine (C=N–C) groups is 1. The van der Waals surface area contributed by atoms with Gasteiger partial charge in [0.25, 0.3) is 0 Å². The van der Waals surface area contributed by atoms with Crippen LogP contribution in [0.3, 0.4) is 0 Å². The van der Waals surface area contributed by atoms with E-state index in [1.54, 1.807) is 0 Å². The minimum Gasteiger partial charge on any atom is -0.293 e. The van der Waals surface area contributed by atoms with Crippen LogP contribution >= 0.6 is 0 Å². The Labute approximate surface area is 63.9 Å². The number of hydrogen-bond acceptors (Lipinski definition) is 1. The lowest BCUT2D eigenvalue weighted by Crippen LogP contribution is -1.96. The van der Waals surface area contributed by atoms with Gasteiger partial charge in [0.05, 0.1) is 0 Å². The van der Waals surface area contributed by atoms with Gasteiger partial charge < -0.3 is 0 Å².